The van der Waals surface area contributed by atoms with Crippen LogP contribution >= 0.6 is 0 Å². The maximum atomic E-state index is 4.37. The zero-order valence-corrected chi connectivity index (χ0v) is 11.0. The molecule has 0 aliphatic carbocycles. The van der Waals surface area contributed by atoms with Crippen molar-refractivity contribution >= 4 is 0 Å². The molecule has 0 aromatic carbocycles. The summed E-state index contributed by atoms with van der Waals surface area (Å²) in [4.78, 5) is 8.67. The minimum absolute atomic E-state index is 0.417. The summed E-state index contributed by atoms with van der Waals surface area (Å²) in [6.45, 7) is 11.8. The lowest BCUT2D eigenvalue weighted by molar-refractivity contribution is 0.486. The first kappa shape index (κ1) is 13.1. The minimum Gasteiger partial charge on any atom is -0.314 e. The minimum atomic E-state index is 0.417. The number of hydrogen-bond donors (Lipinski definition) is 1. The fourth-order valence-corrected chi connectivity index (χ4v) is 1.71. The molecule has 2 unspecified atom stereocenters. The molecule has 0 radical (unpaired) electrons. The van der Waals surface area contributed by atoms with Crippen LogP contribution in [-0.4, -0.2) is 22.6 Å². The highest BCUT2D eigenvalue weighted by atomic mass is 14.9. The van der Waals surface area contributed by atoms with Gasteiger partial charge in [0.1, 0.15) is 6.33 Å². The molecule has 0 aliphatic heterocycles. The monoisotopic (exact) mass is 221 g/mol. The van der Waals surface area contributed by atoms with Crippen molar-refractivity contribution in [1.82, 2.24) is 15.3 Å². The molecule has 1 rings (SSSR count). The first-order chi connectivity index (χ1) is 7.56. The molecule has 0 amide bonds. The molecule has 90 valence electrons. The lowest BCUT2D eigenvalue weighted by atomic mass is 9.97. The maximum Gasteiger partial charge on any atom is 0.115 e. The molecule has 3 heteroatoms. The van der Waals surface area contributed by atoms with Crippen molar-refractivity contribution in [3.63, 3.8) is 0 Å². The third-order valence-corrected chi connectivity index (χ3v) is 3.04. The van der Waals surface area contributed by atoms with E-state index in [0.717, 1.165) is 17.9 Å². The van der Waals surface area contributed by atoms with Gasteiger partial charge in [-0.25, -0.2) is 9.97 Å². The Morgan fingerprint density at radius 2 is 1.75 bits per heavy atom. The molecule has 0 fully saturated rings. The highest BCUT2D eigenvalue weighted by Crippen LogP contribution is 2.19. The van der Waals surface area contributed by atoms with E-state index in [1.165, 1.54) is 0 Å². The molecule has 1 N–H and O–H groups in total. The molecule has 1 aromatic rings. The summed E-state index contributed by atoms with van der Waals surface area (Å²) in [6, 6.07) is 2.57. The van der Waals surface area contributed by atoms with E-state index in [9.17, 15) is 0 Å². The van der Waals surface area contributed by atoms with Crippen LogP contribution in [0, 0.1) is 0 Å². The Kier molecular flexibility index (Phi) is 4.87. The third kappa shape index (κ3) is 3.27. The second kappa shape index (κ2) is 5.94. The van der Waals surface area contributed by atoms with Crippen molar-refractivity contribution in [3.05, 3.63) is 23.8 Å². The van der Waals surface area contributed by atoms with Crippen molar-refractivity contribution in [3.8, 4) is 0 Å². The Hall–Kier alpha value is -0.960. The third-order valence-electron chi connectivity index (χ3n) is 3.04. The Morgan fingerprint density at radius 3 is 2.31 bits per heavy atom. The quantitative estimate of drug-likeness (QED) is 0.830. The summed E-state index contributed by atoms with van der Waals surface area (Å²) in [5.41, 5.74) is 2.26. The molecular formula is C13H23N3. The fraction of sp³-hybridized carbons (Fsp3) is 0.692. The van der Waals surface area contributed by atoms with Crippen molar-refractivity contribution < 1.29 is 0 Å². The van der Waals surface area contributed by atoms with Gasteiger partial charge in [-0.05, 0) is 25.5 Å². The van der Waals surface area contributed by atoms with Crippen molar-refractivity contribution in [1.29, 1.82) is 0 Å². The van der Waals surface area contributed by atoms with Crippen LogP contribution in [0.5, 0.6) is 0 Å². The Balaban J connectivity index is 2.82. The van der Waals surface area contributed by atoms with E-state index in [1.54, 1.807) is 6.33 Å². The summed E-state index contributed by atoms with van der Waals surface area (Å²) >= 11 is 0. The number of nitrogens with zero attached hydrogens (tertiary/aromatic N) is 2. The normalized spacial score (nSPS) is 15.1. The van der Waals surface area contributed by atoms with Crippen LogP contribution in [0.25, 0.3) is 0 Å². The van der Waals surface area contributed by atoms with Crippen LogP contribution in [0.2, 0.25) is 0 Å². The van der Waals surface area contributed by atoms with E-state index >= 15 is 0 Å². The summed E-state index contributed by atoms with van der Waals surface area (Å²) in [5, 5.41) is 3.43. The van der Waals surface area contributed by atoms with E-state index in [0.29, 0.717) is 17.9 Å². The number of aromatic nitrogens is 2. The summed E-state index contributed by atoms with van der Waals surface area (Å²) < 4.78 is 0. The predicted molar refractivity (Wildman–Crippen MR) is 67.7 cm³/mol. The van der Waals surface area contributed by atoms with Crippen molar-refractivity contribution in [2.75, 3.05) is 6.54 Å². The van der Waals surface area contributed by atoms with Crippen molar-refractivity contribution in [2.45, 2.75) is 52.5 Å². The van der Waals surface area contributed by atoms with E-state index in [4.69, 9.17) is 0 Å². The van der Waals surface area contributed by atoms with Gasteiger partial charge in [0, 0.05) is 23.3 Å². The van der Waals surface area contributed by atoms with E-state index in [2.05, 4.69) is 56.0 Å². The van der Waals surface area contributed by atoms with Gasteiger partial charge in [0.05, 0.1) is 0 Å². The van der Waals surface area contributed by atoms with Crippen LogP contribution in [-0.2, 0) is 0 Å². The van der Waals surface area contributed by atoms with Crippen LogP contribution in [0.3, 0.4) is 0 Å². The van der Waals surface area contributed by atoms with Gasteiger partial charge < -0.3 is 5.32 Å². The second-order valence-electron chi connectivity index (χ2n) is 4.66. The molecule has 0 bridgehead atoms. The molecule has 1 aromatic heterocycles. The molecule has 0 spiro atoms. The highest BCUT2D eigenvalue weighted by molar-refractivity contribution is 5.16. The number of likely N-dealkylation sites (N-methyl/N-ethyl adjacent to an activating group) is 1. The first-order valence-electron chi connectivity index (χ1n) is 6.11. The average molecular weight is 221 g/mol. The summed E-state index contributed by atoms with van der Waals surface area (Å²) in [7, 11) is 0. The standard InChI is InChI=1S/C13H23N3/c1-6-14-11(5)10(4)13-7-12(9(2)3)15-8-16-13/h7-11,14H,6H2,1-5H3. The van der Waals surface area contributed by atoms with E-state index in [1.807, 2.05) is 0 Å². The first-order valence-corrected chi connectivity index (χ1v) is 6.11. The maximum absolute atomic E-state index is 4.37. The van der Waals surface area contributed by atoms with Gasteiger partial charge >= 0.3 is 0 Å². The number of rotatable bonds is 5. The average Bonchev–Trinajstić information content (AvgIpc) is 2.28. The molecule has 0 saturated carbocycles. The fourth-order valence-electron chi connectivity index (χ4n) is 1.71. The molecule has 0 aliphatic rings. The van der Waals surface area contributed by atoms with Gasteiger partial charge in [0.15, 0.2) is 0 Å². The summed E-state index contributed by atoms with van der Waals surface area (Å²) in [5.74, 6) is 0.879. The van der Waals surface area contributed by atoms with Gasteiger partial charge in [-0.1, -0.05) is 27.7 Å². The van der Waals surface area contributed by atoms with Crippen LogP contribution < -0.4 is 5.32 Å². The van der Waals surface area contributed by atoms with Gasteiger partial charge in [-0.2, -0.15) is 0 Å². The SMILES string of the molecule is CCNC(C)C(C)c1cc(C(C)C)ncn1. The van der Waals surface area contributed by atoms with Gasteiger partial charge in [0.25, 0.3) is 0 Å². The molecule has 2 atom stereocenters. The molecule has 1 heterocycles. The molecule has 3 nitrogen and oxygen atoms in total. The zero-order chi connectivity index (χ0) is 12.1. The second-order valence-corrected chi connectivity index (χ2v) is 4.66. The summed E-state index contributed by atoms with van der Waals surface area (Å²) in [6.07, 6.45) is 1.68. The molecule has 16 heavy (non-hydrogen) atoms. The molecule has 0 saturated heterocycles. The Morgan fingerprint density at radius 1 is 1.12 bits per heavy atom. The lowest BCUT2D eigenvalue weighted by Gasteiger charge is -2.20. The highest BCUT2D eigenvalue weighted by Gasteiger charge is 2.15. The van der Waals surface area contributed by atoms with Crippen molar-refractivity contribution in [2.24, 2.45) is 0 Å². The van der Waals surface area contributed by atoms with E-state index < -0.39 is 0 Å². The smallest absolute Gasteiger partial charge is 0.115 e. The number of hydrogen-bond acceptors (Lipinski definition) is 3. The zero-order valence-electron chi connectivity index (χ0n) is 11.0. The molecular weight excluding hydrogens is 198 g/mol. The largest absolute Gasteiger partial charge is 0.314 e. The van der Waals surface area contributed by atoms with Crippen LogP contribution in [0.4, 0.5) is 0 Å². The number of nitrogens with one attached hydrogen (secondary N) is 1. The van der Waals surface area contributed by atoms with E-state index in [-0.39, 0.29) is 0 Å². The topological polar surface area (TPSA) is 37.8 Å². The van der Waals surface area contributed by atoms with Gasteiger partial charge in [-0.15, -0.1) is 0 Å². The van der Waals surface area contributed by atoms with Crippen LogP contribution in [0.15, 0.2) is 12.4 Å². The van der Waals surface area contributed by atoms with Crippen LogP contribution in [0.1, 0.15) is 57.8 Å². The predicted octanol–water partition coefficient (Wildman–Crippen LogP) is 2.70. The lowest BCUT2D eigenvalue weighted by Crippen LogP contribution is -2.31. The van der Waals surface area contributed by atoms with Gasteiger partial charge in [0.2, 0.25) is 0 Å². The Labute approximate surface area is 98.7 Å². The Bertz CT molecular complexity index is 323. The van der Waals surface area contributed by atoms with Gasteiger partial charge in [-0.3, -0.25) is 0 Å².